The Bertz CT molecular complexity index is 749. The van der Waals surface area contributed by atoms with Crippen LogP contribution < -0.4 is 10.6 Å². The molecule has 0 spiro atoms. The number of aromatic nitrogens is 2. The van der Waals surface area contributed by atoms with Gasteiger partial charge in [0, 0.05) is 6.07 Å². The van der Waals surface area contributed by atoms with E-state index in [-0.39, 0.29) is 5.69 Å². The van der Waals surface area contributed by atoms with Gasteiger partial charge >= 0.3 is 6.18 Å². The number of amides is 1. The van der Waals surface area contributed by atoms with Gasteiger partial charge in [-0.05, 0) is 19.1 Å². The third-order valence-electron chi connectivity index (χ3n) is 3.81. The van der Waals surface area contributed by atoms with Crippen LogP contribution in [0.25, 0.3) is 0 Å². The smallest absolute Gasteiger partial charge is 0.373 e. The fourth-order valence-electron chi connectivity index (χ4n) is 2.53. The lowest BCUT2D eigenvalue weighted by molar-refractivity contribution is -0.137. The second-order valence-electron chi connectivity index (χ2n) is 5.70. The van der Waals surface area contributed by atoms with Crippen molar-refractivity contribution in [2.75, 3.05) is 17.2 Å². The van der Waals surface area contributed by atoms with Gasteiger partial charge in [0.15, 0.2) is 0 Å². The van der Waals surface area contributed by atoms with Crippen molar-refractivity contribution in [3.63, 3.8) is 0 Å². The number of hydrogen-bond donors (Lipinski definition) is 2. The lowest BCUT2D eigenvalue weighted by Gasteiger charge is -2.17. The van der Waals surface area contributed by atoms with Crippen molar-refractivity contribution in [2.45, 2.75) is 32.3 Å². The molecule has 1 atom stereocenters. The molecule has 0 fully saturated rings. The number of nitrogens with one attached hydrogen (secondary N) is 2. The van der Waals surface area contributed by atoms with Crippen LogP contribution in [0.5, 0.6) is 0 Å². The SMILES string of the molecule is CC(Nc1cc2n(n1)CCOC2)C(=O)Nc1ccccc1C(F)(F)F. The summed E-state index contributed by atoms with van der Waals surface area (Å²) in [5, 5.41) is 9.52. The van der Waals surface area contributed by atoms with Gasteiger partial charge in [0.2, 0.25) is 5.91 Å². The third kappa shape index (κ3) is 3.93. The first-order chi connectivity index (χ1) is 11.8. The standard InChI is InChI=1S/C16H17F3N4O2/c1-10(20-14-8-11-9-25-7-6-23(11)22-14)15(24)21-13-5-3-2-4-12(13)16(17,18)19/h2-5,8,10H,6-7,9H2,1H3,(H,20,22)(H,21,24). The maximum Gasteiger partial charge on any atom is 0.418 e. The Morgan fingerprint density at radius 2 is 2.12 bits per heavy atom. The number of fused-ring (bicyclic) bond motifs is 1. The van der Waals surface area contributed by atoms with Crippen molar-refractivity contribution < 1.29 is 22.7 Å². The van der Waals surface area contributed by atoms with Gasteiger partial charge in [0.05, 0.1) is 36.7 Å². The van der Waals surface area contributed by atoms with E-state index < -0.39 is 23.7 Å². The number of ether oxygens (including phenoxy) is 1. The molecule has 0 aliphatic carbocycles. The highest BCUT2D eigenvalue weighted by molar-refractivity contribution is 5.96. The number of rotatable bonds is 4. The first kappa shape index (κ1) is 17.3. The largest absolute Gasteiger partial charge is 0.418 e. The lowest BCUT2D eigenvalue weighted by Crippen LogP contribution is -2.32. The molecule has 25 heavy (non-hydrogen) atoms. The topological polar surface area (TPSA) is 68.2 Å². The molecule has 134 valence electrons. The zero-order valence-electron chi connectivity index (χ0n) is 13.4. The molecule has 2 heterocycles. The van der Waals surface area contributed by atoms with Gasteiger partial charge in [-0.25, -0.2) is 0 Å². The van der Waals surface area contributed by atoms with Crippen molar-refractivity contribution in [1.29, 1.82) is 0 Å². The lowest BCUT2D eigenvalue weighted by atomic mass is 10.1. The van der Waals surface area contributed by atoms with E-state index >= 15 is 0 Å². The Kier molecular flexibility index (Phi) is 4.67. The number of para-hydroxylation sites is 1. The second kappa shape index (κ2) is 6.75. The number of carbonyl (C=O) groups excluding carboxylic acids is 1. The van der Waals surface area contributed by atoms with Crippen LogP contribution in [0.1, 0.15) is 18.2 Å². The van der Waals surface area contributed by atoms with Crippen LogP contribution in [0.4, 0.5) is 24.7 Å². The predicted octanol–water partition coefficient (Wildman–Crippen LogP) is 2.87. The maximum atomic E-state index is 13.0. The third-order valence-corrected chi connectivity index (χ3v) is 3.81. The van der Waals surface area contributed by atoms with E-state index in [1.165, 1.54) is 18.2 Å². The summed E-state index contributed by atoms with van der Waals surface area (Å²) in [5.74, 6) is -0.105. The van der Waals surface area contributed by atoms with Gasteiger partial charge in [0.25, 0.3) is 0 Å². The summed E-state index contributed by atoms with van der Waals surface area (Å²) in [7, 11) is 0. The normalized spacial score (nSPS) is 15.4. The molecule has 0 bridgehead atoms. The molecule has 0 radical (unpaired) electrons. The second-order valence-corrected chi connectivity index (χ2v) is 5.70. The minimum atomic E-state index is -4.54. The molecule has 3 rings (SSSR count). The van der Waals surface area contributed by atoms with Crippen molar-refractivity contribution in [3.8, 4) is 0 Å². The maximum absolute atomic E-state index is 13.0. The Balaban J connectivity index is 1.68. The highest BCUT2D eigenvalue weighted by Crippen LogP contribution is 2.34. The molecule has 1 aromatic carbocycles. The van der Waals surface area contributed by atoms with Crippen molar-refractivity contribution in [2.24, 2.45) is 0 Å². The van der Waals surface area contributed by atoms with E-state index in [4.69, 9.17) is 4.74 Å². The van der Waals surface area contributed by atoms with Gasteiger partial charge in [0.1, 0.15) is 11.9 Å². The van der Waals surface area contributed by atoms with E-state index in [1.807, 2.05) is 0 Å². The predicted molar refractivity (Wildman–Crippen MR) is 85.0 cm³/mol. The van der Waals surface area contributed by atoms with Crippen molar-refractivity contribution in [3.05, 3.63) is 41.6 Å². The number of halogens is 3. The highest BCUT2D eigenvalue weighted by atomic mass is 19.4. The molecule has 2 aromatic rings. The van der Waals surface area contributed by atoms with Gasteiger partial charge in [-0.2, -0.15) is 18.3 Å². The molecule has 1 aromatic heterocycles. The number of carbonyl (C=O) groups is 1. The van der Waals surface area contributed by atoms with Crippen LogP contribution in [0.15, 0.2) is 30.3 Å². The first-order valence-electron chi connectivity index (χ1n) is 7.72. The van der Waals surface area contributed by atoms with Gasteiger partial charge in [-0.1, -0.05) is 12.1 Å². The Morgan fingerprint density at radius 3 is 2.84 bits per heavy atom. The number of nitrogens with zero attached hydrogens (tertiary/aromatic N) is 2. The van der Waals surface area contributed by atoms with E-state index in [2.05, 4.69) is 15.7 Å². The van der Waals surface area contributed by atoms with E-state index in [0.29, 0.717) is 25.6 Å². The summed E-state index contributed by atoms with van der Waals surface area (Å²) >= 11 is 0. The number of benzene rings is 1. The van der Waals surface area contributed by atoms with Crippen molar-refractivity contribution in [1.82, 2.24) is 9.78 Å². The van der Waals surface area contributed by atoms with Crippen LogP contribution in [-0.4, -0.2) is 28.3 Å². The summed E-state index contributed by atoms with van der Waals surface area (Å²) in [5.41, 5.74) is -0.278. The summed E-state index contributed by atoms with van der Waals surface area (Å²) in [4.78, 5) is 12.2. The van der Waals surface area contributed by atoms with Crippen LogP contribution in [0.3, 0.4) is 0 Å². The van der Waals surface area contributed by atoms with Crippen LogP contribution in [0, 0.1) is 0 Å². The van der Waals surface area contributed by atoms with Gasteiger partial charge < -0.3 is 15.4 Å². The molecule has 9 heteroatoms. The zero-order chi connectivity index (χ0) is 18.0. The Hall–Kier alpha value is -2.55. The summed E-state index contributed by atoms with van der Waals surface area (Å²) in [6.07, 6.45) is -4.54. The summed E-state index contributed by atoms with van der Waals surface area (Å²) < 4.78 is 46.0. The fourth-order valence-corrected chi connectivity index (χ4v) is 2.53. The zero-order valence-corrected chi connectivity index (χ0v) is 13.4. The van der Waals surface area contributed by atoms with Crippen LogP contribution in [0.2, 0.25) is 0 Å². The van der Waals surface area contributed by atoms with E-state index in [9.17, 15) is 18.0 Å². The monoisotopic (exact) mass is 354 g/mol. The molecule has 1 aliphatic heterocycles. The minimum Gasteiger partial charge on any atom is -0.373 e. The van der Waals surface area contributed by atoms with Gasteiger partial charge in [-0.15, -0.1) is 0 Å². The fraction of sp³-hybridized carbons (Fsp3) is 0.375. The summed E-state index contributed by atoms with van der Waals surface area (Å²) in [6, 6.07) is 5.85. The number of hydrogen-bond acceptors (Lipinski definition) is 4. The first-order valence-corrected chi connectivity index (χ1v) is 7.72. The van der Waals surface area contributed by atoms with Crippen LogP contribution in [-0.2, 0) is 28.9 Å². The molecule has 2 N–H and O–H groups in total. The van der Waals surface area contributed by atoms with Crippen LogP contribution >= 0.6 is 0 Å². The molecule has 6 nitrogen and oxygen atoms in total. The van der Waals surface area contributed by atoms with Gasteiger partial charge in [-0.3, -0.25) is 9.48 Å². The number of anilines is 2. The molecule has 0 saturated heterocycles. The average Bonchev–Trinajstić information content (AvgIpc) is 2.96. The highest BCUT2D eigenvalue weighted by Gasteiger charge is 2.33. The Morgan fingerprint density at radius 1 is 1.36 bits per heavy atom. The van der Waals surface area contributed by atoms with Crippen molar-refractivity contribution >= 4 is 17.4 Å². The molecule has 1 amide bonds. The quantitative estimate of drug-likeness (QED) is 0.886. The molecule has 1 aliphatic rings. The van der Waals surface area contributed by atoms with E-state index in [1.54, 1.807) is 17.7 Å². The average molecular weight is 354 g/mol. The number of alkyl halides is 3. The summed E-state index contributed by atoms with van der Waals surface area (Å²) in [6.45, 7) is 3.18. The Labute approximate surface area is 142 Å². The minimum absolute atomic E-state index is 0.272. The molecular weight excluding hydrogens is 337 g/mol. The molecule has 0 saturated carbocycles. The molecular formula is C16H17F3N4O2. The molecule has 1 unspecified atom stereocenters. The van der Waals surface area contributed by atoms with E-state index in [0.717, 1.165) is 11.8 Å².